The van der Waals surface area contributed by atoms with E-state index in [9.17, 15) is 14.4 Å². The SMILES string of the molecule is O=C(NCc1cccc(NC(=O)C2CCCC2)c1)c1ccc(C(=O)O)nc1. The van der Waals surface area contributed by atoms with Crippen molar-refractivity contribution in [1.29, 1.82) is 0 Å². The molecule has 0 saturated heterocycles. The summed E-state index contributed by atoms with van der Waals surface area (Å²) < 4.78 is 0. The Kier molecular flexibility index (Phi) is 5.80. The summed E-state index contributed by atoms with van der Waals surface area (Å²) in [7, 11) is 0. The molecule has 1 aromatic heterocycles. The van der Waals surface area contributed by atoms with Crippen molar-refractivity contribution in [2.75, 3.05) is 5.32 Å². The Morgan fingerprint density at radius 2 is 1.89 bits per heavy atom. The molecule has 7 nitrogen and oxygen atoms in total. The zero-order valence-electron chi connectivity index (χ0n) is 14.8. The molecule has 0 aliphatic heterocycles. The second-order valence-electron chi connectivity index (χ2n) is 6.59. The second-order valence-corrected chi connectivity index (χ2v) is 6.59. The minimum atomic E-state index is -1.14. The Morgan fingerprint density at radius 3 is 2.56 bits per heavy atom. The molecular weight excluding hydrogens is 346 g/mol. The van der Waals surface area contributed by atoms with Gasteiger partial charge in [-0.05, 0) is 42.7 Å². The van der Waals surface area contributed by atoms with Gasteiger partial charge < -0.3 is 15.7 Å². The number of nitrogens with zero attached hydrogens (tertiary/aromatic N) is 1. The molecule has 3 N–H and O–H groups in total. The Balaban J connectivity index is 1.56. The van der Waals surface area contributed by atoms with E-state index in [-0.39, 0.29) is 35.5 Å². The number of hydrogen-bond donors (Lipinski definition) is 3. The highest BCUT2D eigenvalue weighted by Gasteiger charge is 2.22. The first-order valence-corrected chi connectivity index (χ1v) is 8.90. The maximum absolute atomic E-state index is 12.2. The zero-order valence-corrected chi connectivity index (χ0v) is 14.8. The molecule has 1 saturated carbocycles. The van der Waals surface area contributed by atoms with Crippen LogP contribution in [0.3, 0.4) is 0 Å². The third-order valence-electron chi connectivity index (χ3n) is 4.62. The summed E-state index contributed by atoms with van der Waals surface area (Å²) >= 11 is 0. The maximum Gasteiger partial charge on any atom is 0.354 e. The van der Waals surface area contributed by atoms with E-state index in [4.69, 9.17) is 5.11 Å². The van der Waals surface area contributed by atoms with Crippen molar-refractivity contribution in [1.82, 2.24) is 10.3 Å². The quantitative estimate of drug-likeness (QED) is 0.727. The molecule has 3 rings (SSSR count). The van der Waals surface area contributed by atoms with E-state index in [1.165, 1.54) is 18.3 Å². The van der Waals surface area contributed by atoms with E-state index in [0.717, 1.165) is 31.2 Å². The Bertz CT molecular complexity index is 843. The summed E-state index contributed by atoms with van der Waals surface area (Å²) in [6.07, 6.45) is 5.32. The predicted molar refractivity (Wildman–Crippen MR) is 99.4 cm³/mol. The van der Waals surface area contributed by atoms with Crippen molar-refractivity contribution in [3.8, 4) is 0 Å². The van der Waals surface area contributed by atoms with E-state index in [2.05, 4.69) is 15.6 Å². The van der Waals surface area contributed by atoms with Gasteiger partial charge in [-0.2, -0.15) is 0 Å². The van der Waals surface area contributed by atoms with Gasteiger partial charge >= 0.3 is 5.97 Å². The van der Waals surface area contributed by atoms with Gasteiger partial charge in [0.1, 0.15) is 5.69 Å². The molecule has 0 spiro atoms. The predicted octanol–water partition coefficient (Wildman–Crippen LogP) is 2.84. The molecule has 1 aliphatic carbocycles. The Labute approximate surface area is 156 Å². The zero-order chi connectivity index (χ0) is 19.2. The molecule has 2 aromatic rings. The number of anilines is 1. The average Bonchev–Trinajstić information content (AvgIpc) is 3.21. The van der Waals surface area contributed by atoms with Crippen LogP contribution in [0, 0.1) is 5.92 Å². The lowest BCUT2D eigenvalue weighted by molar-refractivity contribution is -0.119. The van der Waals surface area contributed by atoms with Crippen LogP contribution in [-0.2, 0) is 11.3 Å². The van der Waals surface area contributed by atoms with Crippen LogP contribution in [0.1, 0.15) is 52.1 Å². The number of aromatic carboxylic acids is 1. The Hall–Kier alpha value is -3.22. The van der Waals surface area contributed by atoms with Gasteiger partial charge in [0, 0.05) is 24.3 Å². The number of aromatic nitrogens is 1. The van der Waals surface area contributed by atoms with Gasteiger partial charge in [-0.3, -0.25) is 9.59 Å². The lowest BCUT2D eigenvalue weighted by atomic mass is 10.1. The summed E-state index contributed by atoms with van der Waals surface area (Å²) in [6, 6.07) is 10.1. The summed E-state index contributed by atoms with van der Waals surface area (Å²) in [5.41, 5.74) is 1.73. The molecule has 0 radical (unpaired) electrons. The van der Waals surface area contributed by atoms with E-state index >= 15 is 0 Å². The van der Waals surface area contributed by atoms with Crippen molar-refractivity contribution in [2.45, 2.75) is 32.2 Å². The molecule has 140 valence electrons. The van der Waals surface area contributed by atoms with Crippen LogP contribution in [0.4, 0.5) is 5.69 Å². The first-order valence-electron chi connectivity index (χ1n) is 8.90. The molecule has 1 heterocycles. The van der Waals surface area contributed by atoms with Crippen LogP contribution in [0.2, 0.25) is 0 Å². The Morgan fingerprint density at radius 1 is 1.11 bits per heavy atom. The van der Waals surface area contributed by atoms with Crippen molar-refractivity contribution >= 4 is 23.5 Å². The second kappa shape index (κ2) is 8.44. The molecule has 7 heteroatoms. The molecule has 0 bridgehead atoms. The van der Waals surface area contributed by atoms with Gasteiger partial charge in [0.2, 0.25) is 5.91 Å². The maximum atomic E-state index is 12.2. The molecule has 1 aliphatic rings. The number of amides is 2. The number of carbonyl (C=O) groups is 3. The lowest BCUT2D eigenvalue weighted by Gasteiger charge is -2.12. The van der Waals surface area contributed by atoms with E-state index < -0.39 is 5.97 Å². The third-order valence-corrected chi connectivity index (χ3v) is 4.62. The normalized spacial score (nSPS) is 13.9. The number of benzene rings is 1. The van der Waals surface area contributed by atoms with Gasteiger partial charge in [-0.25, -0.2) is 9.78 Å². The van der Waals surface area contributed by atoms with Crippen molar-refractivity contribution in [3.05, 3.63) is 59.4 Å². The fourth-order valence-electron chi connectivity index (χ4n) is 3.13. The minimum absolute atomic E-state index is 0.0540. The number of hydrogen-bond acceptors (Lipinski definition) is 4. The summed E-state index contributed by atoms with van der Waals surface area (Å²) in [6.45, 7) is 0.284. The third kappa shape index (κ3) is 4.91. The smallest absolute Gasteiger partial charge is 0.354 e. The fourth-order valence-corrected chi connectivity index (χ4v) is 3.13. The van der Waals surface area contributed by atoms with Gasteiger partial charge in [0.25, 0.3) is 5.91 Å². The van der Waals surface area contributed by atoms with Gasteiger partial charge in [0.15, 0.2) is 0 Å². The number of carbonyl (C=O) groups excluding carboxylic acids is 2. The van der Waals surface area contributed by atoms with Gasteiger partial charge in [0.05, 0.1) is 5.56 Å². The summed E-state index contributed by atoms with van der Waals surface area (Å²) in [4.78, 5) is 38.9. The first kappa shape index (κ1) is 18.6. The number of pyridine rings is 1. The standard InChI is InChI=1S/C20H21N3O4/c24-18(15-8-9-17(20(26)27)21-12-15)22-11-13-4-3-7-16(10-13)23-19(25)14-5-1-2-6-14/h3-4,7-10,12,14H,1-2,5-6,11H2,(H,22,24)(H,23,25)(H,26,27). The molecular formula is C20H21N3O4. The first-order chi connectivity index (χ1) is 13.0. The molecule has 2 amide bonds. The molecule has 1 aromatic carbocycles. The van der Waals surface area contributed by atoms with Crippen LogP contribution in [0.5, 0.6) is 0 Å². The molecule has 0 unspecified atom stereocenters. The van der Waals surface area contributed by atoms with Gasteiger partial charge in [-0.15, -0.1) is 0 Å². The lowest BCUT2D eigenvalue weighted by Crippen LogP contribution is -2.23. The highest BCUT2D eigenvalue weighted by molar-refractivity contribution is 5.95. The van der Waals surface area contributed by atoms with Crippen LogP contribution < -0.4 is 10.6 Å². The monoisotopic (exact) mass is 367 g/mol. The van der Waals surface area contributed by atoms with Crippen molar-refractivity contribution in [2.24, 2.45) is 5.92 Å². The van der Waals surface area contributed by atoms with Gasteiger partial charge in [-0.1, -0.05) is 25.0 Å². The number of carboxylic acid groups (broad SMARTS) is 1. The topological polar surface area (TPSA) is 108 Å². The molecule has 1 fully saturated rings. The van der Waals surface area contributed by atoms with E-state index in [1.807, 2.05) is 24.3 Å². The van der Waals surface area contributed by atoms with Crippen LogP contribution in [0.25, 0.3) is 0 Å². The number of nitrogens with one attached hydrogen (secondary N) is 2. The summed E-state index contributed by atoms with van der Waals surface area (Å²) in [5.74, 6) is -1.34. The number of rotatable bonds is 6. The highest BCUT2D eigenvalue weighted by Crippen LogP contribution is 2.26. The summed E-state index contributed by atoms with van der Waals surface area (Å²) in [5, 5.41) is 14.5. The highest BCUT2D eigenvalue weighted by atomic mass is 16.4. The fraction of sp³-hybridized carbons (Fsp3) is 0.300. The largest absolute Gasteiger partial charge is 0.477 e. The van der Waals surface area contributed by atoms with E-state index in [0.29, 0.717) is 5.69 Å². The van der Waals surface area contributed by atoms with Crippen molar-refractivity contribution < 1.29 is 19.5 Å². The average molecular weight is 367 g/mol. The molecule has 0 atom stereocenters. The minimum Gasteiger partial charge on any atom is -0.477 e. The van der Waals surface area contributed by atoms with Crippen molar-refractivity contribution in [3.63, 3.8) is 0 Å². The number of carboxylic acids is 1. The van der Waals surface area contributed by atoms with Crippen LogP contribution >= 0.6 is 0 Å². The van der Waals surface area contributed by atoms with E-state index in [1.54, 1.807) is 0 Å². The molecule has 27 heavy (non-hydrogen) atoms. The van der Waals surface area contributed by atoms with Crippen LogP contribution in [0.15, 0.2) is 42.6 Å². The van der Waals surface area contributed by atoms with Crippen LogP contribution in [-0.4, -0.2) is 27.9 Å².